The molecule has 1 N–H and O–H groups in total. The van der Waals surface area contributed by atoms with E-state index in [1.165, 1.54) is 17.5 Å². The molecule has 1 heterocycles. The van der Waals surface area contributed by atoms with E-state index in [0.717, 1.165) is 18.4 Å². The molecule has 0 radical (unpaired) electrons. The first-order chi connectivity index (χ1) is 11.1. The number of piperidine rings is 1. The lowest BCUT2D eigenvalue weighted by Gasteiger charge is -2.30. The number of hydrogen-bond donors (Lipinski definition) is 1. The standard InChI is InChI=1S/C14H21FN2O5S2/c1-22-13-4-3-12(15)9-14(13)24(20,21)16-10-11-5-7-17(8-6-11)23(2,18)19/h3-4,9,11,16H,5-8,10H2,1-2H3. The van der Waals surface area contributed by atoms with Crippen LogP contribution in [0.2, 0.25) is 0 Å². The molecule has 24 heavy (non-hydrogen) atoms. The van der Waals surface area contributed by atoms with Gasteiger partial charge >= 0.3 is 0 Å². The Balaban J connectivity index is 2.01. The molecule has 0 bridgehead atoms. The summed E-state index contributed by atoms with van der Waals surface area (Å²) < 4.78 is 69.8. The summed E-state index contributed by atoms with van der Waals surface area (Å²) in [5.74, 6) is -0.578. The van der Waals surface area contributed by atoms with Crippen LogP contribution in [0.4, 0.5) is 4.39 Å². The molecular weight excluding hydrogens is 359 g/mol. The number of sulfonamides is 2. The van der Waals surface area contributed by atoms with Crippen LogP contribution in [0.15, 0.2) is 23.1 Å². The highest BCUT2D eigenvalue weighted by atomic mass is 32.2. The molecule has 10 heteroatoms. The quantitative estimate of drug-likeness (QED) is 0.787. The van der Waals surface area contributed by atoms with Gasteiger partial charge in [0.2, 0.25) is 20.0 Å². The summed E-state index contributed by atoms with van der Waals surface area (Å²) in [4.78, 5) is -0.251. The Hall–Kier alpha value is -1.23. The van der Waals surface area contributed by atoms with Crippen molar-refractivity contribution < 1.29 is 26.0 Å². The van der Waals surface area contributed by atoms with Crippen molar-refractivity contribution in [3.05, 3.63) is 24.0 Å². The Morgan fingerprint density at radius 3 is 2.42 bits per heavy atom. The highest BCUT2D eigenvalue weighted by Gasteiger charge is 2.27. The highest BCUT2D eigenvalue weighted by Crippen LogP contribution is 2.25. The summed E-state index contributed by atoms with van der Waals surface area (Å²) in [7, 11) is -5.81. The molecule has 2 rings (SSSR count). The summed E-state index contributed by atoms with van der Waals surface area (Å²) in [6.45, 7) is 0.905. The number of nitrogens with zero attached hydrogens (tertiary/aromatic N) is 1. The van der Waals surface area contributed by atoms with Gasteiger partial charge in [-0.25, -0.2) is 30.3 Å². The first-order valence-corrected chi connectivity index (χ1v) is 10.7. The van der Waals surface area contributed by atoms with Gasteiger partial charge in [-0.05, 0) is 37.0 Å². The molecule has 0 aromatic heterocycles. The normalized spacial score (nSPS) is 17.8. The zero-order valence-electron chi connectivity index (χ0n) is 13.5. The Bertz CT molecular complexity index is 787. The summed E-state index contributed by atoms with van der Waals surface area (Å²) in [5.41, 5.74) is 0. The molecule has 1 saturated heterocycles. The molecular formula is C14H21FN2O5S2. The largest absolute Gasteiger partial charge is 0.495 e. The van der Waals surface area contributed by atoms with Crippen LogP contribution >= 0.6 is 0 Å². The van der Waals surface area contributed by atoms with Crippen LogP contribution in [-0.4, -0.2) is 54.1 Å². The van der Waals surface area contributed by atoms with Crippen molar-refractivity contribution in [1.29, 1.82) is 0 Å². The molecule has 1 fully saturated rings. The Morgan fingerprint density at radius 1 is 1.25 bits per heavy atom. The van der Waals surface area contributed by atoms with Gasteiger partial charge in [-0.15, -0.1) is 0 Å². The van der Waals surface area contributed by atoms with Crippen LogP contribution < -0.4 is 9.46 Å². The molecule has 0 aliphatic carbocycles. The number of hydrogen-bond acceptors (Lipinski definition) is 5. The predicted molar refractivity (Wildman–Crippen MR) is 87.3 cm³/mol. The third-order valence-electron chi connectivity index (χ3n) is 4.02. The van der Waals surface area contributed by atoms with Crippen molar-refractivity contribution in [2.45, 2.75) is 17.7 Å². The summed E-state index contributed by atoms with van der Waals surface area (Å²) in [6.07, 6.45) is 2.29. The van der Waals surface area contributed by atoms with E-state index in [2.05, 4.69) is 4.72 Å². The van der Waals surface area contributed by atoms with Crippen LogP contribution in [0.25, 0.3) is 0 Å². The summed E-state index contributed by atoms with van der Waals surface area (Å²) in [6, 6.07) is 3.29. The molecule has 0 saturated carbocycles. The molecule has 1 aliphatic rings. The molecule has 0 amide bonds. The van der Waals surface area contributed by atoms with Gasteiger partial charge < -0.3 is 4.74 Å². The summed E-state index contributed by atoms with van der Waals surface area (Å²) >= 11 is 0. The van der Waals surface area contributed by atoms with Crippen LogP contribution in [0.1, 0.15) is 12.8 Å². The van der Waals surface area contributed by atoms with Gasteiger partial charge in [0.25, 0.3) is 0 Å². The third kappa shape index (κ3) is 4.65. The van der Waals surface area contributed by atoms with E-state index in [9.17, 15) is 21.2 Å². The average molecular weight is 380 g/mol. The zero-order valence-corrected chi connectivity index (χ0v) is 15.2. The second-order valence-electron chi connectivity index (χ2n) is 5.75. The van der Waals surface area contributed by atoms with Gasteiger partial charge in [0.1, 0.15) is 16.5 Å². The van der Waals surface area contributed by atoms with Gasteiger partial charge in [0.15, 0.2) is 0 Å². The van der Waals surface area contributed by atoms with Gasteiger partial charge in [0.05, 0.1) is 13.4 Å². The van der Waals surface area contributed by atoms with E-state index < -0.39 is 25.9 Å². The maximum absolute atomic E-state index is 13.4. The minimum Gasteiger partial charge on any atom is -0.495 e. The number of halogens is 1. The second kappa shape index (κ2) is 7.34. The fourth-order valence-corrected chi connectivity index (χ4v) is 4.78. The molecule has 0 spiro atoms. The number of methoxy groups -OCH3 is 1. The first kappa shape index (κ1) is 19.1. The molecule has 0 unspecified atom stereocenters. The third-order valence-corrected chi connectivity index (χ3v) is 6.77. The van der Waals surface area contributed by atoms with Gasteiger partial charge in [-0.3, -0.25) is 0 Å². The van der Waals surface area contributed by atoms with Crippen molar-refractivity contribution in [3.63, 3.8) is 0 Å². The number of benzene rings is 1. The van der Waals surface area contributed by atoms with E-state index in [1.54, 1.807) is 0 Å². The lowest BCUT2D eigenvalue weighted by Crippen LogP contribution is -2.41. The van der Waals surface area contributed by atoms with Crippen LogP contribution in [0, 0.1) is 11.7 Å². The molecule has 1 aromatic carbocycles. The van der Waals surface area contributed by atoms with Gasteiger partial charge in [-0.1, -0.05) is 0 Å². The minimum atomic E-state index is -3.91. The number of ether oxygens (including phenoxy) is 1. The van der Waals surface area contributed by atoms with Crippen molar-refractivity contribution in [2.75, 3.05) is 33.0 Å². The molecule has 0 atom stereocenters. The van der Waals surface area contributed by atoms with Crippen molar-refractivity contribution >= 4 is 20.0 Å². The highest BCUT2D eigenvalue weighted by molar-refractivity contribution is 7.89. The van der Waals surface area contributed by atoms with Gasteiger partial charge in [0, 0.05) is 19.6 Å². The Kier molecular flexibility index (Phi) is 5.84. The maximum atomic E-state index is 13.4. The zero-order chi connectivity index (χ0) is 18.0. The Morgan fingerprint density at radius 2 is 1.88 bits per heavy atom. The van der Waals surface area contributed by atoms with Crippen molar-refractivity contribution in [3.8, 4) is 5.75 Å². The smallest absolute Gasteiger partial charge is 0.244 e. The monoisotopic (exact) mass is 380 g/mol. The van der Waals surface area contributed by atoms with Crippen LogP contribution in [-0.2, 0) is 20.0 Å². The predicted octanol–water partition coefficient (Wildman–Crippen LogP) is 0.784. The average Bonchev–Trinajstić information content (AvgIpc) is 2.52. The first-order valence-electron chi connectivity index (χ1n) is 7.42. The van der Waals surface area contributed by atoms with E-state index in [1.807, 2.05) is 0 Å². The number of rotatable bonds is 6. The fourth-order valence-electron chi connectivity index (χ4n) is 2.61. The number of nitrogens with one attached hydrogen (secondary N) is 1. The second-order valence-corrected chi connectivity index (χ2v) is 9.47. The lowest BCUT2D eigenvalue weighted by molar-refractivity contribution is 0.275. The molecule has 136 valence electrons. The topological polar surface area (TPSA) is 92.8 Å². The molecule has 7 nitrogen and oxygen atoms in total. The van der Waals surface area contributed by atoms with Crippen LogP contribution in [0.5, 0.6) is 5.75 Å². The molecule has 1 aromatic rings. The SMILES string of the molecule is COc1ccc(F)cc1S(=O)(=O)NCC1CCN(S(C)(=O)=O)CC1. The van der Waals surface area contributed by atoms with E-state index in [0.29, 0.717) is 25.9 Å². The van der Waals surface area contributed by atoms with Gasteiger partial charge in [-0.2, -0.15) is 0 Å². The van der Waals surface area contributed by atoms with E-state index in [4.69, 9.17) is 4.74 Å². The fraction of sp³-hybridized carbons (Fsp3) is 0.571. The lowest BCUT2D eigenvalue weighted by atomic mass is 9.99. The van der Waals surface area contributed by atoms with Crippen molar-refractivity contribution in [1.82, 2.24) is 9.03 Å². The van der Waals surface area contributed by atoms with Crippen LogP contribution in [0.3, 0.4) is 0 Å². The van der Waals surface area contributed by atoms with Crippen molar-refractivity contribution in [2.24, 2.45) is 5.92 Å². The molecule has 1 aliphatic heterocycles. The van der Waals surface area contributed by atoms with E-state index >= 15 is 0 Å². The Labute approximate surface area is 141 Å². The minimum absolute atomic E-state index is 0.0253. The van der Waals surface area contributed by atoms with E-state index in [-0.39, 0.29) is 23.1 Å². The summed E-state index contributed by atoms with van der Waals surface area (Å²) in [5, 5.41) is 0. The maximum Gasteiger partial charge on any atom is 0.244 e.